The summed E-state index contributed by atoms with van der Waals surface area (Å²) in [6.45, 7) is 6.69. The van der Waals surface area contributed by atoms with Gasteiger partial charge in [-0.3, -0.25) is 14.0 Å². The number of morpholine rings is 1. The lowest BCUT2D eigenvalue weighted by Gasteiger charge is -2.36. The number of amides is 1. The van der Waals surface area contributed by atoms with Crippen molar-refractivity contribution in [1.29, 1.82) is 0 Å². The van der Waals surface area contributed by atoms with Gasteiger partial charge in [-0.1, -0.05) is 6.07 Å². The van der Waals surface area contributed by atoms with Crippen LogP contribution < -0.4 is 5.56 Å². The molecule has 3 heterocycles. The molecule has 0 aliphatic carbocycles. The number of hydrogen-bond donors (Lipinski definition) is 0. The monoisotopic (exact) mass is 301 g/mol. The molecule has 0 spiro atoms. The van der Waals surface area contributed by atoms with E-state index in [2.05, 4.69) is 4.98 Å². The van der Waals surface area contributed by atoms with Crippen LogP contribution in [0.4, 0.5) is 0 Å². The molecule has 6 nitrogen and oxygen atoms in total. The van der Waals surface area contributed by atoms with E-state index in [9.17, 15) is 9.59 Å². The van der Waals surface area contributed by atoms with Crippen molar-refractivity contribution in [3.8, 4) is 0 Å². The second-order valence-corrected chi connectivity index (χ2v) is 5.86. The maximum Gasteiger partial charge on any atom is 0.270 e. The van der Waals surface area contributed by atoms with Crippen molar-refractivity contribution in [2.24, 2.45) is 0 Å². The molecule has 1 aliphatic heterocycles. The lowest BCUT2D eigenvalue weighted by molar-refractivity contribution is -0.0387. The van der Waals surface area contributed by atoms with Crippen molar-refractivity contribution in [2.75, 3.05) is 13.2 Å². The molecule has 22 heavy (non-hydrogen) atoms. The molecule has 2 aromatic rings. The van der Waals surface area contributed by atoms with Crippen molar-refractivity contribution in [1.82, 2.24) is 14.3 Å². The van der Waals surface area contributed by atoms with E-state index in [0.29, 0.717) is 18.8 Å². The van der Waals surface area contributed by atoms with Crippen LogP contribution in [0.15, 0.2) is 29.3 Å². The van der Waals surface area contributed by atoms with Gasteiger partial charge in [0.15, 0.2) is 0 Å². The maximum absolute atomic E-state index is 12.7. The smallest absolute Gasteiger partial charge is 0.270 e. The lowest BCUT2D eigenvalue weighted by atomic mass is 10.1. The fourth-order valence-corrected chi connectivity index (χ4v) is 2.67. The second-order valence-electron chi connectivity index (χ2n) is 5.86. The number of hydrogen-bond acceptors (Lipinski definition) is 4. The van der Waals surface area contributed by atoms with Crippen molar-refractivity contribution in [2.45, 2.75) is 32.9 Å². The summed E-state index contributed by atoms with van der Waals surface area (Å²) >= 11 is 0. The summed E-state index contributed by atoms with van der Waals surface area (Å²) in [6.07, 6.45) is 3.05. The number of ether oxygens (including phenoxy) is 1. The first-order valence-corrected chi connectivity index (χ1v) is 7.38. The Bertz CT molecular complexity index is 784. The first-order valence-electron chi connectivity index (χ1n) is 7.38. The fourth-order valence-electron chi connectivity index (χ4n) is 2.67. The summed E-state index contributed by atoms with van der Waals surface area (Å²) in [6, 6.07) is 3.60. The van der Waals surface area contributed by atoms with Crippen LogP contribution in [0.25, 0.3) is 5.65 Å². The van der Waals surface area contributed by atoms with Crippen LogP contribution >= 0.6 is 0 Å². The number of carbonyl (C=O) groups excluding carboxylic acids is 1. The third-order valence-electron chi connectivity index (χ3n) is 3.95. The maximum atomic E-state index is 12.7. The highest BCUT2D eigenvalue weighted by Crippen LogP contribution is 2.14. The van der Waals surface area contributed by atoms with Gasteiger partial charge in [-0.2, -0.15) is 0 Å². The number of nitrogens with zero attached hydrogens (tertiary/aromatic N) is 3. The number of carbonyl (C=O) groups is 1. The topological polar surface area (TPSA) is 63.9 Å². The number of aromatic nitrogens is 2. The van der Waals surface area contributed by atoms with E-state index in [0.717, 1.165) is 5.56 Å². The first-order chi connectivity index (χ1) is 10.5. The number of aryl methyl sites for hydroxylation is 1. The van der Waals surface area contributed by atoms with Gasteiger partial charge < -0.3 is 9.64 Å². The molecular formula is C16H19N3O3. The van der Waals surface area contributed by atoms with E-state index in [1.165, 1.54) is 10.6 Å². The van der Waals surface area contributed by atoms with E-state index in [1.54, 1.807) is 17.2 Å². The highest BCUT2D eigenvalue weighted by atomic mass is 16.5. The quantitative estimate of drug-likeness (QED) is 0.795. The molecule has 0 bridgehead atoms. The van der Waals surface area contributed by atoms with Gasteiger partial charge in [0.25, 0.3) is 11.5 Å². The van der Waals surface area contributed by atoms with Crippen LogP contribution in [-0.4, -0.2) is 45.5 Å². The van der Waals surface area contributed by atoms with Crippen molar-refractivity contribution in [3.63, 3.8) is 0 Å². The molecule has 3 rings (SSSR count). The van der Waals surface area contributed by atoms with E-state index in [1.807, 2.05) is 26.8 Å². The standard InChI is InChI=1S/C16H19N3O3/c1-10-4-5-14-17-6-13(16(21)19(14)7-10)15(20)18-8-12(3)22-9-11(18)2/h4-7,11-12H,8-9H2,1-3H3/t11-,12-/m0/s1. The molecule has 0 N–H and O–H groups in total. The minimum absolute atomic E-state index is 0.0291. The Morgan fingerprint density at radius 1 is 1.36 bits per heavy atom. The van der Waals surface area contributed by atoms with Crippen LogP contribution in [0.5, 0.6) is 0 Å². The minimum Gasteiger partial charge on any atom is -0.375 e. The lowest BCUT2D eigenvalue weighted by Crippen LogP contribution is -2.51. The molecule has 2 atom stereocenters. The molecule has 0 radical (unpaired) electrons. The highest BCUT2D eigenvalue weighted by Gasteiger charge is 2.30. The Kier molecular flexibility index (Phi) is 3.70. The summed E-state index contributed by atoms with van der Waals surface area (Å²) in [5, 5.41) is 0. The van der Waals surface area contributed by atoms with Crippen LogP contribution in [0.1, 0.15) is 29.8 Å². The summed E-state index contributed by atoms with van der Waals surface area (Å²) in [7, 11) is 0. The Hall–Kier alpha value is -2.21. The van der Waals surface area contributed by atoms with Gasteiger partial charge in [0.05, 0.1) is 18.8 Å². The summed E-state index contributed by atoms with van der Waals surface area (Å²) < 4.78 is 6.96. The van der Waals surface area contributed by atoms with Crippen LogP contribution in [0, 0.1) is 6.92 Å². The average molecular weight is 301 g/mol. The van der Waals surface area contributed by atoms with Crippen molar-refractivity contribution < 1.29 is 9.53 Å². The molecule has 1 fully saturated rings. The van der Waals surface area contributed by atoms with Gasteiger partial charge in [0, 0.05) is 18.9 Å². The zero-order valence-corrected chi connectivity index (χ0v) is 12.9. The second kappa shape index (κ2) is 5.53. The Morgan fingerprint density at radius 2 is 2.14 bits per heavy atom. The first kappa shape index (κ1) is 14.7. The normalized spacial score (nSPS) is 22.0. The molecule has 0 aromatic carbocycles. The van der Waals surface area contributed by atoms with Gasteiger partial charge >= 0.3 is 0 Å². The van der Waals surface area contributed by atoms with Crippen LogP contribution in [0.2, 0.25) is 0 Å². The predicted octanol–water partition coefficient (Wildman–Crippen LogP) is 1.25. The number of pyridine rings is 1. The molecule has 116 valence electrons. The molecular weight excluding hydrogens is 282 g/mol. The van der Waals surface area contributed by atoms with E-state index < -0.39 is 0 Å². The SMILES string of the molecule is Cc1ccc2ncc(C(=O)N3C[C@H](C)OC[C@@H]3C)c(=O)n2c1. The molecule has 1 saturated heterocycles. The van der Waals surface area contributed by atoms with Crippen molar-refractivity contribution >= 4 is 11.6 Å². The van der Waals surface area contributed by atoms with E-state index >= 15 is 0 Å². The van der Waals surface area contributed by atoms with E-state index in [4.69, 9.17) is 4.74 Å². The molecule has 0 saturated carbocycles. The largest absolute Gasteiger partial charge is 0.375 e. The number of rotatable bonds is 1. The molecule has 1 amide bonds. The molecule has 2 aromatic heterocycles. The Labute approximate surface area is 128 Å². The summed E-state index contributed by atoms with van der Waals surface area (Å²) in [5.41, 5.74) is 1.25. The number of fused-ring (bicyclic) bond motifs is 1. The Balaban J connectivity index is 2.04. The molecule has 6 heteroatoms. The van der Waals surface area contributed by atoms with Gasteiger partial charge in [0.2, 0.25) is 0 Å². The predicted molar refractivity (Wildman–Crippen MR) is 82.1 cm³/mol. The molecule has 0 unspecified atom stereocenters. The van der Waals surface area contributed by atoms with Crippen molar-refractivity contribution in [3.05, 3.63) is 46.0 Å². The zero-order chi connectivity index (χ0) is 15.9. The van der Waals surface area contributed by atoms with Crippen LogP contribution in [-0.2, 0) is 4.74 Å². The third kappa shape index (κ3) is 2.50. The fraction of sp³-hybridized carbons (Fsp3) is 0.438. The zero-order valence-electron chi connectivity index (χ0n) is 12.9. The van der Waals surface area contributed by atoms with Gasteiger partial charge in [-0.25, -0.2) is 4.98 Å². The van der Waals surface area contributed by atoms with Gasteiger partial charge in [-0.05, 0) is 32.4 Å². The van der Waals surface area contributed by atoms with Gasteiger partial charge in [0.1, 0.15) is 11.2 Å². The highest BCUT2D eigenvalue weighted by molar-refractivity contribution is 5.94. The Morgan fingerprint density at radius 3 is 2.91 bits per heavy atom. The summed E-state index contributed by atoms with van der Waals surface area (Å²) in [4.78, 5) is 31.2. The van der Waals surface area contributed by atoms with Crippen LogP contribution in [0.3, 0.4) is 0 Å². The van der Waals surface area contributed by atoms with E-state index in [-0.39, 0.29) is 29.2 Å². The summed E-state index contributed by atoms with van der Waals surface area (Å²) in [5.74, 6) is -0.281. The third-order valence-corrected chi connectivity index (χ3v) is 3.95. The molecule has 1 aliphatic rings. The minimum atomic E-state index is -0.329. The van der Waals surface area contributed by atoms with Gasteiger partial charge in [-0.15, -0.1) is 0 Å². The average Bonchev–Trinajstić information content (AvgIpc) is 2.50.